The first kappa shape index (κ1) is 13.3. The van der Waals surface area contributed by atoms with E-state index in [1.54, 1.807) is 6.33 Å². The van der Waals surface area contributed by atoms with Crippen molar-refractivity contribution in [2.45, 2.75) is 57.4 Å². The lowest BCUT2D eigenvalue weighted by molar-refractivity contribution is -0.137. The molecule has 1 aromatic heterocycles. The summed E-state index contributed by atoms with van der Waals surface area (Å²) in [7, 11) is 0. The van der Waals surface area contributed by atoms with Crippen LogP contribution in [0.3, 0.4) is 0 Å². The zero-order valence-electron chi connectivity index (χ0n) is 11.6. The van der Waals surface area contributed by atoms with E-state index in [2.05, 4.69) is 15.3 Å². The average Bonchev–Trinajstić information content (AvgIpc) is 3.24. The molecular weight excluding hydrogens is 254 g/mol. The van der Waals surface area contributed by atoms with Gasteiger partial charge in [-0.2, -0.15) is 0 Å². The number of aliphatic carboxylic acids is 1. The maximum atomic E-state index is 11.0. The lowest BCUT2D eigenvalue weighted by Gasteiger charge is -2.19. The zero-order valence-corrected chi connectivity index (χ0v) is 11.6. The van der Waals surface area contributed by atoms with E-state index in [0.717, 1.165) is 37.2 Å². The molecule has 1 heterocycles. The van der Waals surface area contributed by atoms with Gasteiger partial charge in [0.05, 0.1) is 6.42 Å². The van der Waals surface area contributed by atoms with Gasteiger partial charge in [0.15, 0.2) is 0 Å². The highest BCUT2D eigenvalue weighted by atomic mass is 16.4. The molecule has 20 heavy (non-hydrogen) atoms. The van der Waals surface area contributed by atoms with Crippen molar-refractivity contribution in [3.8, 4) is 0 Å². The first-order valence-electron chi connectivity index (χ1n) is 7.55. The lowest BCUT2D eigenvalue weighted by Crippen LogP contribution is -2.26. The number of carboxylic acids is 1. The van der Waals surface area contributed by atoms with E-state index in [0.29, 0.717) is 5.92 Å². The second kappa shape index (κ2) is 5.77. The number of carbonyl (C=O) groups is 1. The molecule has 2 N–H and O–H groups in total. The normalized spacial score (nSPS) is 19.8. The molecule has 108 valence electrons. The fourth-order valence-electron chi connectivity index (χ4n) is 3.02. The number of aryl methyl sites for hydroxylation is 1. The van der Waals surface area contributed by atoms with Gasteiger partial charge in [0, 0.05) is 17.3 Å². The van der Waals surface area contributed by atoms with Crippen LogP contribution in [0.15, 0.2) is 6.33 Å². The maximum absolute atomic E-state index is 11.0. The van der Waals surface area contributed by atoms with Gasteiger partial charge in [-0.15, -0.1) is 0 Å². The Morgan fingerprint density at radius 1 is 1.30 bits per heavy atom. The largest absolute Gasteiger partial charge is 0.481 e. The van der Waals surface area contributed by atoms with Gasteiger partial charge in [-0.25, -0.2) is 9.97 Å². The van der Waals surface area contributed by atoms with Crippen LogP contribution in [0.25, 0.3) is 0 Å². The number of nitrogens with zero attached hydrogens (tertiary/aromatic N) is 2. The molecule has 1 fully saturated rings. The molecule has 3 rings (SSSR count). The van der Waals surface area contributed by atoms with Gasteiger partial charge < -0.3 is 10.4 Å². The van der Waals surface area contributed by atoms with E-state index in [1.807, 2.05) is 0 Å². The maximum Gasteiger partial charge on any atom is 0.305 e. The Kier molecular flexibility index (Phi) is 3.85. The summed E-state index contributed by atoms with van der Waals surface area (Å²) in [6, 6.07) is 0.00903. The van der Waals surface area contributed by atoms with E-state index in [-0.39, 0.29) is 12.5 Å². The van der Waals surface area contributed by atoms with Crippen molar-refractivity contribution in [3.63, 3.8) is 0 Å². The van der Waals surface area contributed by atoms with E-state index < -0.39 is 5.97 Å². The number of nitrogens with one attached hydrogen (secondary N) is 1. The molecule has 0 aliphatic heterocycles. The number of carboxylic acid groups (broad SMARTS) is 1. The average molecular weight is 275 g/mol. The van der Waals surface area contributed by atoms with Gasteiger partial charge >= 0.3 is 5.97 Å². The Labute approximate surface area is 118 Å². The molecule has 2 aliphatic rings. The van der Waals surface area contributed by atoms with Crippen LogP contribution in [-0.2, 0) is 17.6 Å². The Hall–Kier alpha value is -1.65. The summed E-state index contributed by atoms with van der Waals surface area (Å²) in [6.45, 7) is 0. The summed E-state index contributed by atoms with van der Waals surface area (Å²) in [5.74, 6) is 0.618. The standard InChI is InChI=1S/C15H21N3O2/c19-14(20)8-13(10-6-7-10)18-15-11-4-2-1-3-5-12(11)16-9-17-15/h9-10,13H,1-8H2,(H,19,20)(H,16,17,18). The van der Waals surface area contributed by atoms with Crippen LogP contribution in [0.5, 0.6) is 0 Å². The van der Waals surface area contributed by atoms with Crippen LogP contribution < -0.4 is 5.32 Å². The Morgan fingerprint density at radius 2 is 2.10 bits per heavy atom. The van der Waals surface area contributed by atoms with Crippen molar-refractivity contribution in [3.05, 3.63) is 17.6 Å². The lowest BCUT2D eigenvalue weighted by atomic mass is 10.1. The smallest absolute Gasteiger partial charge is 0.305 e. The topological polar surface area (TPSA) is 75.1 Å². The Bertz CT molecular complexity index is 500. The quantitative estimate of drug-likeness (QED) is 0.807. The first-order valence-corrected chi connectivity index (χ1v) is 7.55. The summed E-state index contributed by atoms with van der Waals surface area (Å²) < 4.78 is 0. The van der Waals surface area contributed by atoms with Crippen LogP contribution in [0.4, 0.5) is 5.82 Å². The molecule has 0 radical (unpaired) electrons. The van der Waals surface area contributed by atoms with Gasteiger partial charge in [0.25, 0.3) is 0 Å². The van der Waals surface area contributed by atoms with Crippen LogP contribution in [0.1, 0.15) is 49.8 Å². The number of hydrogen-bond acceptors (Lipinski definition) is 4. The molecule has 0 saturated heterocycles. The number of rotatable bonds is 5. The molecule has 0 bridgehead atoms. The molecule has 0 aromatic carbocycles. The van der Waals surface area contributed by atoms with Crippen LogP contribution in [0.2, 0.25) is 0 Å². The summed E-state index contributed by atoms with van der Waals surface area (Å²) in [6.07, 6.45) is 9.63. The SMILES string of the molecule is O=C(O)CC(Nc1ncnc2c1CCCCC2)C1CC1. The van der Waals surface area contributed by atoms with Crippen molar-refractivity contribution in [2.24, 2.45) is 5.92 Å². The first-order chi connectivity index (χ1) is 9.74. The van der Waals surface area contributed by atoms with E-state index in [9.17, 15) is 4.79 Å². The van der Waals surface area contributed by atoms with E-state index in [4.69, 9.17) is 5.11 Å². The monoisotopic (exact) mass is 275 g/mol. The van der Waals surface area contributed by atoms with Crippen LogP contribution in [0, 0.1) is 5.92 Å². The number of anilines is 1. The fourth-order valence-corrected chi connectivity index (χ4v) is 3.02. The zero-order chi connectivity index (χ0) is 13.9. The van der Waals surface area contributed by atoms with Crippen LogP contribution >= 0.6 is 0 Å². The minimum Gasteiger partial charge on any atom is -0.481 e. The van der Waals surface area contributed by atoms with Gasteiger partial charge in [0.2, 0.25) is 0 Å². The third kappa shape index (κ3) is 3.08. The molecule has 5 heteroatoms. The van der Waals surface area contributed by atoms with Gasteiger partial charge in [-0.05, 0) is 44.4 Å². The van der Waals surface area contributed by atoms with Crippen molar-refractivity contribution >= 4 is 11.8 Å². The Morgan fingerprint density at radius 3 is 2.85 bits per heavy atom. The molecule has 1 saturated carbocycles. The highest BCUT2D eigenvalue weighted by molar-refractivity contribution is 5.68. The van der Waals surface area contributed by atoms with Gasteiger partial charge in [0.1, 0.15) is 12.1 Å². The predicted octanol–water partition coefficient (Wildman–Crippen LogP) is 2.41. The van der Waals surface area contributed by atoms with E-state index in [1.165, 1.54) is 24.8 Å². The third-order valence-electron chi connectivity index (χ3n) is 4.28. The van der Waals surface area contributed by atoms with Gasteiger partial charge in [-0.3, -0.25) is 4.79 Å². The number of fused-ring (bicyclic) bond motifs is 1. The minimum atomic E-state index is -0.741. The summed E-state index contributed by atoms with van der Waals surface area (Å²) in [5.41, 5.74) is 2.35. The summed E-state index contributed by atoms with van der Waals surface area (Å²) >= 11 is 0. The number of aromatic nitrogens is 2. The summed E-state index contributed by atoms with van der Waals surface area (Å²) in [5, 5.41) is 12.4. The van der Waals surface area contributed by atoms with Crippen molar-refractivity contribution in [2.75, 3.05) is 5.32 Å². The van der Waals surface area contributed by atoms with Gasteiger partial charge in [-0.1, -0.05) is 6.42 Å². The van der Waals surface area contributed by atoms with Crippen molar-refractivity contribution in [1.29, 1.82) is 0 Å². The number of hydrogen-bond donors (Lipinski definition) is 2. The fraction of sp³-hybridized carbons (Fsp3) is 0.667. The molecule has 1 aromatic rings. The predicted molar refractivity (Wildman–Crippen MR) is 75.7 cm³/mol. The molecule has 1 atom stereocenters. The minimum absolute atomic E-state index is 0.00903. The third-order valence-corrected chi connectivity index (χ3v) is 4.28. The Balaban J connectivity index is 1.80. The highest BCUT2D eigenvalue weighted by Gasteiger charge is 2.33. The molecule has 1 unspecified atom stereocenters. The highest BCUT2D eigenvalue weighted by Crippen LogP contribution is 2.36. The van der Waals surface area contributed by atoms with Crippen molar-refractivity contribution < 1.29 is 9.90 Å². The van der Waals surface area contributed by atoms with Crippen LogP contribution in [-0.4, -0.2) is 27.1 Å². The molecule has 2 aliphatic carbocycles. The van der Waals surface area contributed by atoms with E-state index >= 15 is 0 Å². The molecule has 0 spiro atoms. The molecular formula is C15H21N3O2. The van der Waals surface area contributed by atoms with Crippen molar-refractivity contribution in [1.82, 2.24) is 9.97 Å². The molecule has 5 nitrogen and oxygen atoms in total. The second-order valence-corrected chi connectivity index (χ2v) is 5.89. The second-order valence-electron chi connectivity index (χ2n) is 5.89. The molecule has 0 amide bonds. The summed E-state index contributed by atoms with van der Waals surface area (Å²) in [4.78, 5) is 19.8.